The summed E-state index contributed by atoms with van der Waals surface area (Å²) in [5.41, 5.74) is 0.405. The lowest BCUT2D eigenvalue weighted by molar-refractivity contribution is -0.101. The molecule has 1 aliphatic carbocycles. The summed E-state index contributed by atoms with van der Waals surface area (Å²) in [6, 6.07) is 1.51. The van der Waals surface area contributed by atoms with Gasteiger partial charge in [0.1, 0.15) is 0 Å². The predicted molar refractivity (Wildman–Crippen MR) is 78.3 cm³/mol. The zero-order valence-electron chi connectivity index (χ0n) is 12.4. The van der Waals surface area contributed by atoms with Gasteiger partial charge in [-0.3, -0.25) is 0 Å². The lowest BCUT2D eigenvalue weighted by atomic mass is 9.76. The van der Waals surface area contributed by atoms with Gasteiger partial charge in [0.15, 0.2) is 0 Å². The second-order valence-corrected chi connectivity index (χ2v) is 7.30. The van der Waals surface area contributed by atoms with Crippen LogP contribution in [0.15, 0.2) is 0 Å². The fraction of sp³-hybridized carbons (Fsp3) is 1.00. The molecule has 3 atom stereocenters. The highest BCUT2D eigenvalue weighted by Crippen LogP contribution is 2.32. The Kier molecular flexibility index (Phi) is 4.45. The standard InChI is InChI=1S/C16H30N2O/c1-16(11-19-12-16)10-18-15-7-3-2-6-13(15)14-8-4-5-9-17-14/h13-15,17-18H,2-12H2,1H3. The Labute approximate surface area is 117 Å². The average Bonchev–Trinajstić information content (AvgIpc) is 2.44. The third kappa shape index (κ3) is 3.32. The van der Waals surface area contributed by atoms with Crippen LogP contribution in [0.1, 0.15) is 51.9 Å². The molecule has 0 radical (unpaired) electrons. The third-order valence-electron chi connectivity index (χ3n) is 5.38. The number of ether oxygens (including phenoxy) is 1. The summed E-state index contributed by atoms with van der Waals surface area (Å²) >= 11 is 0. The number of nitrogens with one attached hydrogen (secondary N) is 2. The summed E-state index contributed by atoms with van der Waals surface area (Å²) in [6.07, 6.45) is 9.82. The van der Waals surface area contributed by atoms with Gasteiger partial charge in [0.2, 0.25) is 0 Å². The highest BCUT2D eigenvalue weighted by molar-refractivity contribution is 4.92. The smallest absolute Gasteiger partial charge is 0.0554 e. The SMILES string of the molecule is CC1(CNC2CCCCC2C2CCCCN2)COC1. The molecule has 2 heterocycles. The van der Waals surface area contributed by atoms with Crippen molar-refractivity contribution in [1.82, 2.24) is 10.6 Å². The molecule has 2 aliphatic heterocycles. The Balaban J connectivity index is 1.53. The van der Waals surface area contributed by atoms with E-state index in [9.17, 15) is 0 Å². The maximum Gasteiger partial charge on any atom is 0.0554 e. The van der Waals surface area contributed by atoms with Gasteiger partial charge >= 0.3 is 0 Å². The van der Waals surface area contributed by atoms with Crippen molar-refractivity contribution in [2.45, 2.75) is 64.0 Å². The summed E-state index contributed by atoms with van der Waals surface area (Å²) in [4.78, 5) is 0. The van der Waals surface area contributed by atoms with Crippen LogP contribution in [0, 0.1) is 11.3 Å². The predicted octanol–water partition coefficient (Wildman–Crippen LogP) is 2.31. The maximum absolute atomic E-state index is 5.37. The second kappa shape index (κ2) is 6.11. The van der Waals surface area contributed by atoms with Gasteiger partial charge in [0.05, 0.1) is 13.2 Å². The second-order valence-electron chi connectivity index (χ2n) is 7.30. The van der Waals surface area contributed by atoms with Crippen LogP contribution < -0.4 is 10.6 Å². The number of hydrogen-bond donors (Lipinski definition) is 2. The minimum absolute atomic E-state index is 0.405. The molecule has 0 spiro atoms. The monoisotopic (exact) mass is 266 g/mol. The van der Waals surface area contributed by atoms with Crippen molar-refractivity contribution in [2.75, 3.05) is 26.3 Å². The van der Waals surface area contributed by atoms with Crippen molar-refractivity contribution in [2.24, 2.45) is 11.3 Å². The van der Waals surface area contributed by atoms with Crippen molar-refractivity contribution in [3.8, 4) is 0 Å². The van der Waals surface area contributed by atoms with Crippen LogP contribution >= 0.6 is 0 Å². The van der Waals surface area contributed by atoms with Gasteiger partial charge in [0, 0.05) is 24.0 Å². The van der Waals surface area contributed by atoms with Gasteiger partial charge in [-0.25, -0.2) is 0 Å². The third-order valence-corrected chi connectivity index (χ3v) is 5.38. The Morgan fingerprint density at radius 3 is 2.58 bits per heavy atom. The average molecular weight is 266 g/mol. The van der Waals surface area contributed by atoms with E-state index >= 15 is 0 Å². The van der Waals surface area contributed by atoms with Crippen LogP contribution in [-0.4, -0.2) is 38.4 Å². The van der Waals surface area contributed by atoms with Gasteiger partial charge in [0.25, 0.3) is 0 Å². The van der Waals surface area contributed by atoms with Gasteiger partial charge in [-0.05, 0) is 38.1 Å². The van der Waals surface area contributed by atoms with Crippen LogP contribution in [0.5, 0.6) is 0 Å². The van der Waals surface area contributed by atoms with Gasteiger partial charge in [-0.1, -0.05) is 26.2 Å². The van der Waals surface area contributed by atoms with Crippen LogP contribution in [-0.2, 0) is 4.74 Å². The molecule has 0 aromatic heterocycles. The van der Waals surface area contributed by atoms with Crippen LogP contribution in [0.3, 0.4) is 0 Å². The highest BCUT2D eigenvalue weighted by atomic mass is 16.5. The van der Waals surface area contributed by atoms with Crippen molar-refractivity contribution < 1.29 is 4.74 Å². The van der Waals surface area contributed by atoms with Gasteiger partial charge in [-0.2, -0.15) is 0 Å². The summed E-state index contributed by atoms with van der Waals surface area (Å²) in [7, 11) is 0. The molecule has 19 heavy (non-hydrogen) atoms. The molecule has 3 rings (SSSR count). The Bertz CT molecular complexity index is 284. The van der Waals surface area contributed by atoms with Gasteiger partial charge < -0.3 is 15.4 Å². The number of piperidine rings is 1. The fourth-order valence-corrected chi connectivity index (χ4v) is 4.07. The first-order valence-electron chi connectivity index (χ1n) is 8.31. The molecule has 2 N–H and O–H groups in total. The van der Waals surface area contributed by atoms with Crippen molar-refractivity contribution in [3.05, 3.63) is 0 Å². The largest absolute Gasteiger partial charge is 0.380 e. The maximum atomic E-state index is 5.37. The lowest BCUT2D eigenvalue weighted by Gasteiger charge is -2.43. The summed E-state index contributed by atoms with van der Waals surface area (Å²) in [6.45, 7) is 6.61. The number of rotatable bonds is 4. The molecule has 3 aliphatic rings. The molecule has 0 amide bonds. The quantitative estimate of drug-likeness (QED) is 0.819. The Hall–Kier alpha value is -0.120. The Morgan fingerprint density at radius 2 is 1.89 bits per heavy atom. The molecule has 3 unspecified atom stereocenters. The highest BCUT2D eigenvalue weighted by Gasteiger charge is 2.37. The van der Waals surface area contributed by atoms with E-state index < -0.39 is 0 Å². The Morgan fingerprint density at radius 1 is 1.11 bits per heavy atom. The normalized spacial score (nSPS) is 38.7. The van der Waals surface area contributed by atoms with E-state index in [1.165, 1.54) is 51.5 Å². The molecule has 110 valence electrons. The molecule has 3 fully saturated rings. The van der Waals surface area contributed by atoms with Crippen LogP contribution in [0.2, 0.25) is 0 Å². The zero-order valence-corrected chi connectivity index (χ0v) is 12.4. The van der Waals surface area contributed by atoms with E-state index in [2.05, 4.69) is 17.6 Å². The van der Waals surface area contributed by atoms with Gasteiger partial charge in [-0.15, -0.1) is 0 Å². The zero-order chi connectivity index (χ0) is 13.1. The molecular formula is C16H30N2O. The number of hydrogen-bond acceptors (Lipinski definition) is 3. The van der Waals surface area contributed by atoms with E-state index in [0.717, 1.165) is 37.8 Å². The van der Waals surface area contributed by atoms with E-state index in [1.54, 1.807) is 0 Å². The summed E-state index contributed by atoms with van der Waals surface area (Å²) < 4.78 is 5.37. The summed E-state index contributed by atoms with van der Waals surface area (Å²) in [5.74, 6) is 0.860. The van der Waals surface area contributed by atoms with Crippen molar-refractivity contribution >= 4 is 0 Å². The van der Waals surface area contributed by atoms with Crippen LogP contribution in [0.25, 0.3) is 0 Å². The first-order chi connectivity index (χ1) is 9.27. The molecular weight excluding hydrogens is 236 g/mol. The molecule has 3 heteroatoms. The summed E-state index contributed by atoms with van der Waals surface area (Å²) in [5, 5.41) is 7.67. The van der Waals surface area contributed by atoms with E-state index in [4.69, 9.17) is 4.74 Å². The van der Waals surface area contributed by atoms with E-state index in [1.807, 2.05) is 0 Å². The molecule has 3 nitrogen and oxygen atoms in total. The first kappa shape index (κ1) is 13.8. The molecule has 1 saturated carbocycles. The topological polar surface area (TPSA) is 33.3 Å². The molecule has 0 aromatic carbocycles. The van der Waals surface area contributed by atoms with Crippen molar-refractivity contribution in [3.63, 3.8) is 0 Å². The lowest BCUT2D eigenvalue weighted by Crippen LogP contribution is -2.55. The molecule has 2 saturated heterocycles. The van der Waals surface area contributed by atoms with Crippen LogP contribution in [0.4, 0.5) is 0 Å². The molecule has 0 bridgehead atoms. The minimum Gasteiger partial charge on any atom is -0.380 e. The van der Waals surface area contributed by atoms with E-state index in [-0.39, 0.29) is 0 Å². The van der Waals surface area contributed by atoms with Crippen molar-refractivity contribution in [1.29, 1.82) is 0 Å². The first-order valence-corrected chi connectivity index (χ1v) is 8.31. The minimum atomic E-state index is 0.405. The molecule has 0 aromatic rings. The van der Waals surface area contributed by atoms with E-state index in [0.29, 0.717) is 5.41 Å². The fourth-order valence-electron chi connectivity index (χ4n) is 4.07.